The molecule has 0 saturated carbocycles. The summed E-state index contributed by atoms with van der Waals surface area (Å²) in [4.78, 5) is 1.45. The zero-order chi connectivity index (χ0) is 9.84. The first-order valence-corrected chi connectivity index (χ1v) is 4.67. The Morgan fingerprint density at radius 1 is 1.23 bits per heavy atom. The average molecular weight is 180 g/mol. The molecule has 0 radical (unpaired) electrons. The van der Waals surface area contributed by atoms with Crippen LogP contribution in [0, 0.1) is 0 Å². The normalized spacial score (nSPS) is 13.2. The molecule has 0 bridgehead atoms. The predicted octanol–water partition coefficient (Wildman–Crippen LogP) is 0.468. The molecule has 1 aromatic rings. The van der Waals surface area contributed by atoms with Crippen molar-refractivity contribution in [1.82, 2.24) is 0 Å². The summed E-state index contributed by atoms with van der Waals surface area (Å²) in [5.41, 5.74) is 1.28. The molecule has 0 spiro atoms. The van der Waals surface area contributed by atoms with Crippen molar-refractivity contribution in [1.29, 1.82) is 0 Å². The van der Waals surface area contributed by atoms with Crippen molar-refractivity contribution in [2.75, 3.05) is 14.1 Å². The highest BCUT2D eigenvalue weighted by molar-refractivity contribution is 5.26. The van der Waals surface area contributed by atoms with Crippen LogP contribution in [0.5, 0.6) is 5.75 Å². The molecule has 0 amide bonds. The number of aromatic hydroxyl groups is 1. The second-order valence-electron chi connectivity index (χ2n) is 3.85. The van der Waals surface area contributed by atoms with Gasteiger partial charge < -0.3 is 10.0 Å². The van der Waals surface area contributed by atoms with Crippen molar-refractivity contribution in [3.8, 4) is 5.75 Å². The molecular formula is C11H18NO+. The van der Waals surface area contributed by atoms with E-state index in [9.17, 15) is 0 Å². The number of nitrogens with one attached hydrogen (secondary N) is 1. The lowest BCUT2D eigenvalue weighted by Crippen LogP contribution is -3.09. The zero-order valence-electron chi connectivity index (χ0n) is 8.54. The molecule has 2 heteroatoms. The van der Waals surface area contributed by atoms with E-state index >= 15 is 0 Å². The minimum Gasteiger partial charge on any atom is -0.508 e. The summed E-state index contributed by atoms with van der Waals surface area (Å²) in [5.74, 6) is 0.341. The van der Waals surface area contributed by atoms with Gasteiger partial charge in [-0.25, -0.2) is 0 Å². The molecule has 1 rings (SSSR count). The Bertz CT molecular complexity index is 253. The number of benzene rings is 1. The summed E-state index contributed by atoms with van der Waals surface area (Å²) in [6, 6.07) is 8.06. The number of phenolic OH excluding ortho intramolecular Hbond substituents is 1. The molecule has 13 heavy (non-hydrogen) atoms. The van der Waals surface area contributed by atoms with Gasteiger partial charge in [0.15, 0.2) is 0 Å². The van der Waals surface area contributed by atoms with Crippen molar-refractivity contribution < 1.29 is 10.0 Å². The van der Waals surface area contributed by atoms with Gasteiger partial charge in [-0.2, -0.15) is 0 Å². The largest absolute Gasteiger partial charge is 0.508 e. The van der Waals surface area contributed by atoms with Crippen LogP contribution < -0.4 is 4.90 Å². The highest BCUT2D eigenvalue weighted by Gasteiger charge is 2.08. The molecule has 0 aliphatic rings. The maximum atomic E-state index is 9.09. The lowest BCUT2D eigenvalue weighted by atomic mass is 10.1. The maximum absolute atomic E-state index is 9.09. The third kappa shape index (κ3) is 3.07. The van der Waals surface area contributed by atoms with Crippen LogP contribution in [0.2, 0.25) is 0 Å². The summed E-state index contributed by atoms with van der Waals surface area (Å²) in [7, 11) is 4.32. The molecule has 0 unspecified atom stereocenters. The molecule has 0 heterocycles. The van der Waals surface area contributed by atoms with Crippen LogP contribution in [0.15, 0.2) is 24.3 Å². The van der Waals surface area contributed by atoms with E-state index in [0.29, 0.717) is 11.8 Å². The van der Waals surface area contributed by atoms with Gasteiger partial charge in [-0.3, -0.25) is 0 Å². The number of hydrogen-bond acceptors (Lipinski definition) is 1. The van der Waals surface area contributed by atoms with Crippen molar-refractivity contribution in [3.63, 3.8) is 0 Å². The quantitative estimate of drug-likeness (QED) is 0.694. The number of likely N-dealkylation sites (N-methyl/N-ethyl adjacent to an activating group) is 1. The van der Waals surface area contributed by atoms with Crippen molar-refractivity contribution in [3.05, 3.63) is 29.8 Å². The second kappa shape index (κ2) is 4.28. The monoisotopic (exact) mass is 180 g/mol. The molecule has 72 valence electrons. The van der Waals surface area contributed by atoms with Gasteiger partial charge in [0.25, 0.3) is 0 Å². The molecule has 2 N–H and O–H groups in total. The summed E-state index contributed by atoms with van der Waals surface area (Å²) < 4.78 is 0. The highest BCUT2D eigenvalue weighted by atomic mass is 16.3. The molecule has 2 nitrogen and oxygen atoms in total. The number of phenols is 1. The number of rotatable bonds is 3. The predicted molar refractivity (Wildman–Crippen MR) is 54.1 cm³/mol. The molecule has 0 saturated heterocycles. The van der Waals surface area contributed by atoms with Crippen LogP contribution in [0.3, 0.4) is 0 Å². The van der Waals surface area contributed by atoms with Crippen molar-refractivity contribution in [2.24, 2.45) is 0 Å². The standard InChI is InChI=1S/C11H17NO/c1-9(12(2)3)8-10-4-6-11(13)7-5-10/h4-7,9,13H,8H2,1-3H3/p+1/t9-/m1/s1. The fraction of sp³-hybridized carbons (Fsp3) is 0.455. The van der Waals surface area contributed by atoms with E-state index in [2.05, 4.69) is 21.0 Å². The van der Waals surface area contributed by atoms with Crippen LogP contribution in [0.1, 0.15) is 12.5 Å². The molecule has 0 aromatic heterocycles. The lowest BCUT2D eigenvalue weighted by molar-refractivity contribution is -0.883. The lowest BCUT2D eigenvalue weighted by Gasteiger charge is -2.16. The Labute approximate surface area is 79.8 Å². The van der Waals surface area contributed by atoms with Crippen molar-refractivity contribution in [2.45, 2.75) is 19.4 Å². The van der Waals surface area contributed by atoms with E-state index in [1.165, 1.54) is 10.5 Å². The van der Waals surface area contributed by atoms with Crippen LogP contribution in [-0.4, -0.2) is 25.2 Å². The topological polar surface area (TPSA) is 24.7 Å². The highest BCUT2D eigenvalue weighted by Crippen LogP contribution is 2.10. The van der Waals surface area contributed by atoms with Gasteiger partial charge in [0.05, 0.1) is 20.1 Å². The second-order valence-corrected chi connectivity index (χ2v) is 3.85. The van der Waals surface area contributed by atoms with Gasteiger partial charge in [0.1, 0.15) is 5.75 Å². The Morgan fingerprint density at radius 3 is 2.23 bits per heavy atom. The summed E-state index contributed by atoms with van der Waals surface area (Å²) in [5, 5.41) is 9.09. The first-order chi connectivity index (χ1) is 6.09. The van der Waals surface area contributed by atoms with Crippen LogP contribution >= 0.6 is 0 Å². The number of quaternary nitrogens is 1. The van der Waals surface area contributed by atoms with E-state index in [4.69, 9.17) is 5.11 Å². The van der Waals surface area contributed by atoms with Gasteiger partial charge >= 0.3 is 0 Å². The Hall–Kier alpha value is -1.02. The summed E-state index contributed by atoms with van der Waals surface area (Å²) in [6.07, 6.45) is 1.06. The fourth-order valence-corrected chi connectivity index (χ4v) is 1.19. The minimum absolute atomic E-state index is 0.341. The Morgan fingerprint density at radius 2 is 1.77 bits per heavy atom. The van der Waals surface area contributed by atoms with E-state index in [1.54, 1.807) is 12.1 Å². The van der Waals surface area contributed by atoms with Gasteiger partial charge in [-0.05, 0) is 24.6 Å². The van der Waals surface area contributed by atoms with E-state index in [-0.39, 0.29) is 0 Å². The first-order valence-electron chi connectivity index (χ1n) is 4.67. The van der Waals surface area contributed by atoms with Gasteiger partial charge in [-0.15, -0.1) is 0 Å². The first kappa shape index (κ1) is 10.1. The van der Waals surface area contributed by atoms with E-state index in [1.807, 2.05) is 12.1 Å². The molecule has 1 atom stereocenters. The average Bonchev–Trinajstić information content (AvgIpc) is 2.08. The summed E-state index contributed by atoms with van der Waals surface area (Å²) in [6.45, 7) is 2.22. The zero-order valence-corrected chi connectivity index (χ0v) is 8.54. The SMILES string of the molecule is C[C@H](Cc1ccc(O)cc1)[NH+](C)C. The maximum Gasteiger partial charge on any atom is 0.115 e. The molecule has 0 aliphatic heterocycles. The van der Waals surface area contributed by atoms with Crippen LogP contribution in [0.4, 0.5) is 0 Å². The van der Waals surface area contributed by atoms with E-state index < -0.39 is 0 Å². The Balaban J connectivity index is 2.59. The van der Waals surface area contributed by atoms with Gasteiger partial charge in [0.2, 0.25) is 0 Å². The third-order valence-corrected chi connectivity index (χ3v) is 2.46. The van der Waals surface area contributed by atoms with Gasteiger partial charge in [0, 0.05) is 6.42 Å². The Kier molecular flexibility index (Phi) is 3.32. The van der Waals surface area contributed by atoms with Crippen LogP contribution in [0.25, 0.3) is 0 Å². The van der Waals surface area contributed by atoms with Crippen molar-refractivity contribution >= 4 is 0 Å². The molecule has 0 aliphatic carbocycles. The van der Waals surface area contributed by atoms with E-state index in [0.717, 1.165) is 6.42 Å². The molecule has 0 fully saturated rings. The molecular weight excluding hydrogens is 162 g/mol. The van der Waals surface area contributed by atoms with Crippen LogP contribution in [-0.2, 0) is 6.42 Å². The fourth-order valence-electron chi connectivity index (χ4n) is 1.19. The smallest absolute Gasteiger partial charge is 0.115 e. The minimum atomic E-state index is 0.341. The van der Waals surface area contributed by atoms with Gasteiger partial charge in [-0.1, -0.05) is 12.1 Å². The molecule has 1 aromatic carbocycles. The third-order valence-electron chi connectivity index (χ3n) is 2.46. The summed E-state index contributed by atoms with van der Waals surface area (Å²) >= 11 is 0. The number of hydrogen-bond donors (Lipinski definition) is 2.